The average Bonchev–Trinajstić information content (AvgIpc) is 3.01. The summed E-state index contributed by atoms with van der Waals surface area (Å²) >= 11 is 0. The number of ketones is 2. The number of benzene rings is 3. The monoisotopic (exact) mass is 616 g/mol. The van der Waals surface area contributed by atoms with Crippen LogP contribution in [0.3, 0.4) is 0 Å². The first kappa shape index (κ1) is 32.9. The van der Waals surface area contributed by atoms with Crippen LogP contribution in [0.25, 0.3) is 0 Å². The second-order valence-corrected chi connectivity index (χ2v) is 11.5. The number of alkyl carbamates (subject to hydrolysis) is 2. The highest BCUT2D eigenvalue weighted by atomic mass is 16.6. The zero-order valence-corrected chi connectivity index (χ0v) is 25.3. The second kappa shape index (κ2) is 14.6. The summed E-state index contributed by atoms with van der Waals surface area (Å²) in [5, 5.41) is 15.8. The third-order valence-electron chi connectivity index (χ3n) is 6.84. The molecule has 4 rings (SSSR count). The Morgan fingerprint density at radius 1 is 0.756 bits per heavy atom. The molecule has 0 saturated heterocycles. The third-order valence-corrected chi connectivity index (χ3v) is 6.84. The van der Waals surface area contributed by atoms with Gasteiger partial charge in [-0.15, -0.1) is 0 Å². The van der Waals surface area contributed by atoms with Gasteiger partial charge in [-0.05, 0) is 56.9 Å². The highest BCUT2D eigenvalue weighted by molar-refractivity contribution is 6.28. The maximum Gasteiger partial charge on any atom is 0.408 e. The van der Waals surface area contributed by atoms with Gasteiger partial charge in [0.15, 0.2) is 17.6 Å². The minimum absolute atomic E-state index is 0.0173. The Balaban J connectivity index is 1.40. The smallest absolute Gasteiger partial charge is 0.408 e. The fraction of sp³-hybridized carbons (Fsp3) is 0.324. The highest BCUT2D eigenvalue weighted by Crippen LogP contribution is 2.28. The zero-order chi connectivity index (χ0) is 32.6. The molecule has 0 fully saturated rings. The number of carbonyl (C=O) groups is 5. The number of aliphatic hydroxyl groups is 1. The van der Waals surface area contributed by atoms with Gasteiger partial charge in [0.2, 0.25) is 0 Å². The zero-order valence-electron chi connectivity index (χ0n) is 25.3. The number of fused-ring (bicyclic) bond motifs is 2. The van der Waals surface area contributed by atoms with E-state index in [1.54, 1.807) is 75.4 Å². The Morgan fingerprint density at radius 3 is 2.02 bits per heavy atom. The molecular formula is C34H36N2O9. The van der Waals surface area contributed by atoms with Crippen molar-refractivity contribution in [3.05, 3.63) is 106 Å². The molecule has 0 aromatic heterocycles. The summed E-state index contributed by atoms with van der Waals surface area (Å²) in [4.78, 5) is 63.6. The van der Waals surface area contributed by atoms with E-state index in [4.69, 9.17) is 14.2 Å². The van der Waals surface area contributed by atoms with Crippen molar-refractivity contribution >= 4 is 29.7 Å². The Bertz CT molecular complexity index is 1560. The van der Waals surface area contributed by atoms with E-state index >= 15 is 0 Å². The second-order valence-electron chi connectivity index (χ2n) is 11.5. The van der Waals surface area contributed by atoms with Crippen molar-refractivity contribution in [1.82, 2.24) is 10.6 Å². The van der Waals surface area contributed by atoms with Gasteiger partial charge < -0.3 is 30.0 Å². The number of nitrogens with one attached hydrogen (secondary N) is 2. The van der Waals surface area contributed by atoms with E-state index in [1.165, 1.54) is 12.1 Å². The molecule has 1 aliphatic carbocycles. The Kier molecular flexibility index (Phi) is 10.7. The van der Waals surface area contributed by atoms with Crippen LogP contribution in [-0.2, 0) is 32.2 Å². The molecule has 3 N–H and O–H groups in total. The molecule has 45 heavy (non-hydrogen) atoms. The molecule has 11 nitrogen and oxygen atoms in total. The number of aliphatic hydroxyl groups excluding tert-OH is 1. The van der Waals surface area contributed by atoms with Crippen molar-refractivity contribution < 1.29 is 43.3 Å². The molecule has 0 saturated carbocycles. The molecule has 3 aromatic rings. The quantitative estimate of drug-likeness (QED) is 0.126. The van der Waals surface area contributed by atoms with Crippen LogP contribution in [0.5, 0.6) is 0 Å². The fourth-order valence-corrected chi connectivity index (χ4v) is 4.67. The van der Waals surface area contributed by atoms with Gasteiger partial charge in [-0.25, -0.2) is 14.4 Å². The van der Waals surface area contributed by atoms with Gasteiger partial charge in [0.05, 0.1) is 6.10 Å². The van der Waals surface area contributed by atoms with Gasteiger partial charge in [-0.3, -0.25) is 9.59 Å². The summed E-state index contributed by atoms with van der Waals surface area (Å²) < 4.78 is 15.9. The van der Waals surface area contributed by atoms with Crippen molar-refractivity contribution in [3.8, 4) is 0 Å². The molecule has 0 aliphatic heterocycles. The lowest BCUT2D eigenvalue weighted by Gasteiger charge is -2.23. The molecule has 2 atom stereocenters. The number of amides is 2. The number of carbonyl (C=O) groups excluding carboxylic acids is 5. The first-order valence-corrected chi connectivity index (χ1v) is 14.5. The first-order valence-electron chi connectivity index (χ1n) is 14.5. The van der Waals surface area contributed by atoms with E-state index < -0.39 is 35.9 Å². The Hall–Kier alpha value is -5.03. The standard InChI is InChI=1S/C34H36N2O9/c1-34(2,3)45-32(41)35-17-9-14-27(37)28(36-33(42)44-19-21-10-5-4-6-11-21)31(40)43-20-22-15-16-25-26(18-22)30(39)24-13-8-7-12-23(24)29(25)38/h4-8,10-13,15-16,18,27-28,37H,9,14,17,19-20H2,1-3H3,(H,35,41)(H,36,42)/t27-,28-/m0/s1. The molecule has 236 valence electrons. The number of rotatable bonds is 11. The third kappa shape index (κ3) is 8.99. The Morgan fingerprint density at radius 2 is 1.36 bits per heavy atom. The topological polar surface area (TPSA) is 157 Å². The molecule has 0 bridgehead atoms. The van der Waals surface area contributed by atoms with E-state index in [2.05, 4.69) is 10.6 Å². The van der Waals surface area contributed by atoms with E-state index in [1.807, 2.05) is 6.07 Å². The summed E-state index contributed by atoms with van der Waals surface area (Å²) in [6.07, 6.45) is -2.68. The molecule has 0 unspecified atom stereocenters. The lowest BCUT2D eigenvalue weighted by atomic mass is 9.83. The van der Waals surface area contributed by atoms with E-state index in [9.17, 15) is 29.1 Å². The van der Waals surface area contributed by atoms with Crippen molar-refractivity contribution in [2.24, 2.45) is 0 Å². The normalized spacial score (nSPS) is 13.5. The summed E-state index contributed by atoms with van der Waals surface area (Å²) in [7, 11) is 0. The number of hydrogen-bond donors (Lipinski definition) is 3. The minimum Gasteiger partial charge on any atom is -0.459 e. The van der Waals surface area contributed by atoms with Gasteiger partial charge in [0, 0.05) is 28.8 Å². The predicted molar refractivity (Wildman–Crippen MR) is 163 cm³/mol. The molecule has 1 aliphatic rings. The van der Waals surface area contributed by atoms with E-state index in [-0.39, 0.29) is 55.3 Å². The largest absolute Gasteiger partial charge is 0.459 e. The number of hydrogen-bond acceptors (Lipinski definition) is 9. The van der Waals surface area contributed by atoms with Crippen LogP contribution >= 0.6 is 0 Å². The predicted octanol–water partition coefficient (Wildman–Crippen LogP) is 4.47. The molecule has 2 amide bonds. The van der Waals surface area contributed by atoms with Gasteiger partial charge in [-0.1, -0.05) is 60.7 Å². The van der Waals surface area contributed by atoms with E-state index in [0.29, 0.717) is 16.7 Å². The minimum atomic E-state index is -1.50. The van der Waals surface area contributed by atoms with Crippen molar-refractivity contribution in [3.63, 3.8) is 0 Å². The van der Waals surface area contributed by atoms with Gasteiger partial charge in [-0.2, -0.15) is 0 Å². The maximum atomic E-state index is 13.2. The first-order chi connectivity index (χ1) is 21.4. The van der Waals surface area contributed by atoms with Gasteiger partial charge >= 0.3 is 18.2 Å². The summed E-state index contributed by atoms with van der Waals surface area (Å²) in [6, 6.07) is 18.6. The summed E-state index contributed by atoms with van der Waals surface area (Å²) in [6.45, 7) is 4.99. The molecule has 0 radical (unpaired) electrons. The van der Waals surface area contributed by atoms with Crippen LogP contribution in [0.1, 0.15) is 76.6 Å². The van der Waals surface area contributed by atoms with Gasteiger partial charge in [0.25, 0.3) is 0 Å². The lowest BCUT2D eigenvalue weighted by molar-refractivity contribution is -0.150. The van der Waals surface area contributed by atoms with E-state index in [0.717, 1.165) is 5.56 Å². The molecule has 0 spiro atoms. The molecule has 3 aromatic carbocycles. The summed E-state index contributed by atoms with van der Waals surface area (Å²) in [5.74, 6) is -1.53. The number of ether oxygens (including phenoxy) is 3. The highest BCUT2D eigenvalue weighted by Gasteiger charge is 2.32. The molecule has 0 heterocycles. The lowest BCUT2D eigenvalue weighted by Crippen LogP contribution is -2.49. The number of esters is 1. The summed E-state index contributed by atoms with van der Waals surface area (Å²) in [5.41, 5.74) is 1.57. The van der Waals surface area contributed by atoms with Crippen LogP contribution < -0.4 is 10.6 Å². The van der Waals surface area contributed by atoms with Crippen molar-refractivity contribution in [2.75, 3.05) is 6.54 Å². The van der Waals surface area contributed by atoms with Crippen LogP contribution in [0.15, 0.2) is 72.8 Å². The van der Waals surface area contributed by atoms with Crippen LogP contribution in [0, 0.1) is 0 Å². The van der Waals surface area contributed by atoms with Crippen LogP contribution in [0.4, 0.5) is 9.59 Å². The van der Waals surface area contributed by atoms with Crippen LogP contribution in [0.2, 0.25) is 0 Å². The molecule has 11 heteroatoms. The molecular weight excluding hydrogens is 580 g/mol. The average molecular weight is 617 g/mol. The maximum absolute atomic E-state index is 13.2. The van der Waals surface area contributed by atoms with Gasteiger partial charge in [0.1, 0.15) is 18.8 Å². The Labute approximate surface area is 260 Å². The van der Waals surface area contributed by atoms with Crippen molar-refractivity contribution in [1.29, 1.82) is 0 Å². The van der Waals surface area contributed by atoms with Crippen molar-refractivity contribution in [2.45, 2.75) is 64.6 Å². The van der Waals surface area contributed by atoms with Crippen LogP contribution in [-0.4, -0.2) is 59.1 Å². The SMILES string of the molecule is CC(C)(C)OC(=O)NCCC[C@H](O)[C@H](NC(=O)OCc1ccccc1)C(=O)OCc1ccc2c(c1)C(=O)c1ccccc1C2=O. The fourth-order valence-electron chi connectivity index (χ4n) is 4.67.